The molecule has 2 N–H and O–H groups in total. The highest BCUT2D eigenvalue weighted by molar-refractivity contribution is 4.78. The topological polar surface area (TPSA) is 77.4 Å². The summed E-state index contributed by atoms with van der Waals surface area (Å²) in [7, 11) is 0. The van der Waals surface area contributed by atoms with Gasteiger partial charge in [0.05, 0.1) is 59.0 Å². The highest BCUT2D eigenvalue weighted by Crippen LogP contribution is 2.38. The molecule has 6 nitrogen and oxygen atoms in total. The second-order valence-electron chi connectivity index (χ2n) is 9.72. The molecule has 0 spiro atoms. The van der Waals surface area contributed by atoms with Gasteiger partial charge in [-0.15, -0.1) is 0 Å². The molecule has 3 atom stereocenters. The van der Waals surface area contributed by atoms with Crippen molar-refractivity contribution in [2.24, 2.45) is 10.8 Å². The lowest BCUT2D eigenvalue weighted by Gasteiger charge is -2.30. The zero-order valence-corrected chi connectivity index (χ0v) is 20.7. The van der Waals surface area contributed by atoms with Gasteiger partial charge in [0, 0.05) is 17.3 Å². The Balaban J connectivity index is 4.45. The summed E-state index contributed by atoms with van der Waals surface area (Å²) < 4.78 is 146. The SMILES string of the molecule is CC(COCC(C)(CO)COCCC(F)(F)C(F)(F)F)OCC(C)(CO)COCC(F)(F)CC(F)(F)F. The highest BCUT2D eigenvalue weighted by Gasteiger charge is 2.56. The van der Waals surface area contributed by atoms with Crippen molar-refractivity contribution in [3.05, 3.63) is 0 Å². The van der Waals surface area contributed by atoms with Crippen molar-refractivity contribution < 1.29 is 73.1 Å². The quantitative estimate of drug-likeness (QED) is 0.174. The number of aliphatic hydroxyl groups is 2. The first kappa shape index (κ1) is 36.1. The minimum Gasteiger partial charge on any atom is -0.396 e. The van der Waals surface area contributed by atoms with Crippen molar-refractivity contribution in [1.29, 1.82) is 0 Å². The van der Waals surface area contributed by atoms with Crippen molar-refractivity contribution in [2.75, 3.05) is 59.5 Å². The molecule has 3 unspecified atom stereocenters. The summed E-state index contributed by atoms with van der Waals surface area (Å²) >= 11 is 0. The second kappa shape index (κ2) is 14.4. The van der Waals surface area contributed by atoms with Gasteiger partial charge in [0.25, 0.3) is 5.92 Å². The fourth-order valence-corrected chi connectivity index (χ4v) is 2.58. The molecular weight excluding hydrogens is 538 g/mol. The van der Waals surface area contributed by atoms with E-state index in [1.165, 1.54) is 20.8 Å². The van der Waals surface area contributed by atoms with Gasteiger partial charge in [0.1, 0.15) is 13.0 Å². The summed E-state index contributed by atoms with van der Waals surface area (Å²) in [6, 6.07) is 0. The lowest BCUT2D eigenvalue weighted by Crippen LogP contribution is -2.39. The molecule has 0 heterocycles. The fourth-order valence-electron chi connectivity index (χ4n) is 2.58. The number of rotatable bonds is 19. The smallest absolute Gasteiger partial charge is 0.396 e. The third-order valence-corrected chi connectivity index (χ3v) is 4.93. The maximum absolute atomic E-state index is 13.3. The molecule has 0 aliphatic heterocycles. The van der Waals surface area contributed by atoms with E-state index in [2.05, 4.69) is 4.74 Å². The van der Waals surface area contributed by atoms with E-state index in [0.717, 1.165) is 0 Å². The van der Waals surface area contributed by atoms with Crippen molar-refractivity contribution >= 4 is 0 Å². The second-order valence-corrected chi connectivity index (χ2v) is 9.72. The lowest BCUT2D eigenvalue weighted by atomic mass is 9.94. The van der Waals surface area contributed by atoms with Crippen molar-refractivity contribution in [3.63, 3.8) is 0 Å². The summed E-state index contributed by atoms with van der Waals surface area (Å²) in [5.41, 5.74) is -2.36. The van der Waals surface area contributed by atoms with Crippen LogP contribution in [-0.2, 0) is 18.9 Å². The van der Waals surface area contributed by atoms with E-state index in [1.54, 1.807) is 0 Å². The third-order valence-electron chi connectivity index (χ3n) is 4.93. The Kier molecular flexibility index (Phi) is 14.1. The van der Waals surface area contributed by atoms with E-state index < -0.39 is 87.0 Å². The maximum atomic E-state index is 13.3. The van der Waals surface area contributed by atoms with Crippen LogP contribution >= 0.6 is 0 Å². The Morgan fingerprint density at radius 3 is 1.65 bits per heavy atom. The van der Waals surface area contributed by atoms with Gasteiger partial charge in [-0.25, -0.2) is 8.78 Å². The van der Waals surface area contributed by atoms with Gasteiger partial charge in [0.15, 0.2) is 0 Å². The first-order valence-corrected chi connectivity index (χ1v) is 11.0. The van der Waals surface area contributed by atoms with E-state index in [4.69, 9.17) is 14.2 Å². The number of alkyl halides is 10. The van der Waals surface area contributed by atoms with Crippen LogP contribution in [0.3, 0.4) is 0 Å². The standard InChI is InChI=1S/C21H34F10O6/c1-15(37-13-17(3,9-33)12-36-14-18(22,23)7-20(26,27)28)6-35-11-16(2,8-32)10-34-5-4-19(24,25)21(29,30)31/h15,32-33H,4-14H2,1-3H3. The molecule has 0 fully saturated rings. The van der Waals surface area contributed by atoms with Crippen LogP contribution in [0, 0.1) is 10.8 Å². The molecule has 0 aromatic rings. The monoisotopic (exact) mass is 572 g/mol. The molecular formula is C21H34F10O6. The van der Waals surface area contributed by atoms with Crippen LogP contribution < -0.4 is 0 Å². The molecule has 0 amide bonds. The van der Waals surface area contributed by atoms with E-state index in [0.29, 0.717) is 0 Å². The average molecular weight is 572 g/mol. The number of halogens is 10. The van der Waals surface area contributed by atoms with Crippen LogP contribution in [0.2, 0.25) is 0 Å². The molecule has 0 saturated heterocycles. The van der Waals surface area contributed by atoms with Crippen LogP contribution in [0.5, 0.6) is 0 Å². The fraction of sp³-hybridized carbons (Fsp3) is 1.00. The minimum atomic E-state index is -5.70. The molecule has 0 bridgehead atoms. The first-order valence-electron chi connectivity index (χ1n) is 11.0. The number of hydrogen-bond donors (Lipinski definition) is 2. The van der Waals surface area contributed by atoms with E-state index in [-0.39, 0.29) is 26.4 Å². The molecule has 0 aliphatic carbocycles. The molecule has 0 radical (unpaired) electrons. The number of aliphatic hydroxyl groups excluding tert-OH is 2. The van der Waals surface area contributed by atoms with Gasteiger partial charge in [0.2, 0.25) is 0 Å². The van der Waals surface area contributed by atoms with Crippen LogP contribution in [-0.4, -0.2) is 100.0 Å². The summed E-state index contributed by atoms with van der Waals surface area (Å²) in [4.78, 5) is 0. The first-order chi connectivity index (χ1) is 16.6. The van der Waals surface area contributed by atoms with Crippen LogP contribution in [0.25, 0.3) is 0 Å². The van der Waals surface area contributed by atoms with E-state index in [9.17, 15) is 54.1 Å². The Bertz CT molecular complexity index is 646. The summed E-state index contributed by atoms with van der Waals surface area (Å²) in [5, 5.41) is 19.0. The van der Waals surface area contributed by atoms with Crippen molar-refractivity contribution in [2.45, 2.75) is 63.9 Å². The molecule has 0 aromatic heterocycles. The predicted molar refractivity (Wildman–Crippen MR) is 109 cm³/mol. The van der Waals surface area contributed by atoms with Gasteiger partial charge in [-0.3, -0.25) is 0 Å². The molecule has 0 saturated carbocycles. The van der Waals surface area contributed by atoms with Gasteiger partial charge in [-0.1, -0.05) is 13.8 Å². The largest absolute Gasteiger partial charge is 0.453 e. The van der Waals surface area contributed by atoms with Gasteiger partial charge >= 0.3 is 18.3 Å². The molecule has 0 aromatic carbocycles. The Morgan fingerprint density at radius 2 is 1.16 bits per heavy atom. The van der Waals surface area contributed by atoms with Crippen molar-refractivity contribution in [1.82, 2.24) is 0 Å². The molecule has 0 aliphatic rings. The number of hydrogen-bond acceptors (Lipinski definition) is 6. The molecule has 224 valence electrons. The van der Waals surface area contributed by atoms with Gasteiger partial charge < -0.3 is 29.2 Å². The third kappa shape index (κ3) is 15.3. The summed E-state index contributed by atoms with van der Waals surface area (Å²) in [6.45, 7) is -0.648. The Morgan fingerprint density at radius 1 is 0.676 bits per heavy atom. The zero-order valence-electron chi connectivity index (χ0n) is 20.7. The number of ether oxygens (including phenoxy) is 4. The van der Waals surface area contributed by atoms with Crippen LogP contribution in [0.1, 0.15) is 33.6 Å². The van der Waals surface area contributed by atoms with Crippen LogP contribution in [0.4, 0.5) is 43.9 Å². The summed E-state index contributed by atoms with van der Waals surface area (Å²) in [6.07, 6.45) is -15.4. The lowest BCUT2D eigenvalue weighted by molar-refractivity contribution is -0.287. The predicted octanol–water partition coefficient (Wildman–Crippen LogP) is 4.61. The normalized spacial score (nSPS) is 17.9. The molecule has 37 heavy (non-hydrogen) atoms. The van der Waals surface area contributed by atoms with Gasteiger partial charge in [-0.2, -0.15) is 35.1 Å². The van der Waals surface area contributed by atoms with Crippen molar-refractivity contribution in [3.8, 4) is 0 Å². The van der Waals surface area contributed by atoms with Gasteiger partial charge in [-0.05, 0) is 6.92 Å². The minimum absolute atomic E-state index is 0.103. The molecule has 16 heteroatoms. The summed E-state index contributed by atoms with van der Waals surface area (Å²) in [5.74, 6) is -9.05. The van der Waals surface area contributed by atoms with Crippen LogP contribution in [0.15, 0.2) is 0 Å². The maximum Gasteiger partial charge on any atom is 0.453 e. The van der Waals surface area contributed by atoms with E-state index in [1.807, 2.05) is 0 Å². The zero-order chi connectivity index (χ0) is 29.2. The highest BCUT2D eigenvalue weighted by atomic mass is 19.4. The van der Waals surface area contributed by atoms with E-state index >= 15 is 0 Å². The Hall–Kier alpha value is -0.940. The molecule has 0 rings (SSSR count). The Labute approximate surface area is 208 Å². The average Bonchev–Trinajstić information content (AvgIpc) is 2.72.